The van der Waals surface area contributed by atoms with Crippen molar-refractivity contribution < 1.29 is 19.4 Å². The van der Waals surface area contributed by atoms with Gasteiger partial charge in [-0.05, 0) is 51.2 Å². The molecular formula is C24H31N3O4. The monoisotopic (exact) mass is 425 g/mol. The lowest BCUT2D eigenvalue weighted by Crippen LogP contribution is -2.44. The van der Waals surface area contributed by atoms with Crippen molar-refractivity contribution in [1.29, 1.82) is 0 Å². The third kappa shape index (κ3) is 4.38. The van der Waals surface area contributed by atoms with Gasteiger partial charge in [0.15, 0.2) is 0 Å². The number of carboxylic acid groups (broad SMARTS) is 1. The number of aromatic nitrogens is 3. The number of aromatic amines is 1. The Morgan fingerprint density at radius 1 is 1.26 bits per heavy atom. The van der Waals surface area contributed by atoms with E-state index in [1.807, 2.05) is 6.20 Å². The molecule has 0 saturated carbocycles. The summed E-state index contributed by atoms with van der Waals surface area (Å²) in [6.07, 6.45) is 8.14. The Labute approximate surface area is 182 Å². The summed E-state index contributed by atoms with van der Waals surface area (Å²) in [7, 11) is 0. The molecule has 1 atom stereocenters. The van der Waals surface area contributed by atoms with Crippen LogP contribution < -0.4 is 0 Å². The standard InChI is InChI=1S/C22H27N3O2.C2H4O2/c1-15-16(2)24-20-18(15)4-3-5-19(20)21-23-9-10-25(21)17-6-11-27-22(14-17)7-12-26-13-8-22;1-2(3)4/h3-5,9-10,17,24H,6-8,11-14H2,1-2H3;1H3,(H,3,4). The van der Waals surface area contributed by atoms with Crippen LogP contribution in [-0.2, 0) is 14.3 Å². The van der Waals surface area contributed by atoms with E-state index in [1.165, 1.54) is 27.7 Å². The van der Waals surface area contributed by atoms with E-state index in [9.17, 15) is 0 Å². The molecule has 0 amide bonds. The van der Waals surface area contributed by atoms with E-state index in [4.69, 9.17) is 24.4 Å². The number of nitrogens with zero attached hydrogens (tertiary/aromatic N) is 2. The largest absolute Gasteiger partial charge is 0.481 e. The van der Waals surface area contributed by atoms with E-state index in [1.54, 1.807) is 0 Å². The maximum atomic E-state index is 9.00. The van der Waals surface area contributed by atoms with Crippen LogP contribution in [-0.4, -0.2) is 51.0 Å². The molecule has 0 radical (unpaired) electrons. The van der Waals surface area contributed by atoms with Crippen molar-refractivity contribution in [2.24, 2.45) is 0 Å². The van der Waals surface area contributed by atoms with Gasteiger partial charge in [-0.1, -0.05) is 12.1 Å². The van der Waals surface area contributed by atoms with Crippen LogP contribution in [0.25, 0.3) is 22.3 Å². The number of aliphatic carboxylic acids is 1. The number of para-hydroxylation sites is 1. The average molecular weight is 426 g/mol. The Morgan fingerprint density at radius 3 is 2.74 bits per heavy atom. The van der Waals surface area contributed by atoms with E-state index in [0.29, 0.717) is 6.04 Å². The van der Waals surface area contributed by atoms with Crippen LogP contribution in [0.5, 0.6) is 0 Å². The van der Waals surface area contributed by atoms with E-state index in [0.717, 1.165) is 58.3 Å². The lowest BCUT2D eigenvalue weighted by atomic mass is 9.84. The van der Waals surface area contributed by atoms with Crippen LogP contribution in [0, 0.1) is 13.8 Å². The molecule has 2 aliphatic heterocycles. The molecule has 2 saturated heterocycles. The number of hydrogen-bond donors (Lipinski definition) is 2. The summed E-state index contributed by atoms with van der Waals surface area (Å²) in [6.45, 7) is 7.83. The number of fused-ring (bicyclic) bond motifs is 1. The molecule has 4 heterocycles. The first-order valence-corrected chi connectivity index (χ1v) is 10.9. The van der Waals surface area contributed by atoms with Crippen molar-refractivity contribution in [3.8, 4) is 11.4 Å². The molecule has 31 heavy (non-hydrogen) atoms. The summed E-state index contributed by atoms with van der Waals surface area (Å²) in [4.78, 5) is 17.3. The Balaban J connectivity index is 0.000000535. The van der Waals surface area contributed by atoms with E-state index in [-0.39, 0.29) is 5.60 Å². The van der Waals surface area contributed by atoms with Crippen molar-refractivity contribution in [2.75, 3.05) is 19.8 Å². The van der Waals surface area contributed by atoms with Gasteiger partial charge in [0.2, 0.25) is 0 Å². The number of hydrogen-bond acceptors (Lipinski definition) is 4. The van der Waals surface area contributed by atoms with E-state index in [2.05, 4.69) is 47.8 Å². The van der Waals surface area contributed by atoms with Gasteiger partial charge in [-0.2, -0.15) is 0 Å². The highest BCUT2D eigenvalue weighted by Gasteiger charge is 2.40. The summed E-state index contributed by atoms with van der Waals surface area (Å²) in [6, 6.07) is 6.93. The Bertz CT molecular complexity index is 1050. The second-order valence-electron chi connectivity index (χ2n) is 8.57. The predicted octanol–water partition coefficient (Wildman–Crippen LogP) is 4.64. The molecule has 1 aromatic carbocycles. The second kappa shape index (κ2) is 8.85. The number of imidazole rings is 1. The van der Waals surface area contributed by atoms with Crippen LogP contribution >= 0.6 is 0 Å². The van der Waals surface area contributed by atoms with Crippen molar-refractivity contribution >= 4 is 16.9 Å². The zero-order chi connectivity index (χ0) is 22.0. The van der Waals surface area contributed by atoms with Gasteiger partial charge in [0.05, 0.1) is 11.1 Å². The smallest absolute Gasteiger partial charge is 0.300 e. The third-order valence-corrected chi connectivity index (χ3v) is 6.52. The van der Waals surface area contributed by atoms with Crippen LogP contribution in [0.4, 0.5) is 0 Å². The lowest BCUT2D eigenvalue weighted by Gasteiger charge is -2.43. The quantitative estimate of drug-likeness (QED) is 0.624. The molecule has 2 aliphatic rings. The summed E-state index contributed by atoms with van der Waals surface area (Å²) in [5.41, 5.74) is 4.89. The molecule has 0 aliphatic carbocycles. The highest BCUT2D eigenvalue weighted by molar-refractivity contribution is 5.95. The van der Waals surface area contributed by atoms with Gasteiger partial charge in [-0.15, -0.1) is 0 Å². The SMILES string of the molecule is CC(=O)O.Cc1[nH]c2c(-c3nccn3C3CCOC4(CCOCC4)C3)cccc2c1C. The van der Waals surface area contributed by atoms with Gasteiger partial charge in [0.25, 0.3) is 5.97 Å². The van der Waals surface area contributed by atoms with Crippen molar-refractivity contribution in [3.05, 3.63) is 41.9 Å². The fourth-order valence-corrected chi connectivity index (χ4v) is 4.82. The van der Waals surface area contributed by atoms with Crippen molar-refractivity contribution in [2.45, 2.75) is 58.1 Å². The van der Waals surface area contributed by atoms with E-state index >= 15 is 0 Å². The number of rotatable bonds is 2. The Hall–Kier alpha value is -2.64. The summed E-state index contributed by atoms with van der Waals surface area (Å²) < 4.78 is 14.2. The van der Waals surface area contributed by atoms with Crippen LogP contribution in [0.2, 0.25) is 0 Å². The molecule has 166 valence electrons. The van der Waals surface area contributed by atoms with E-state index < -0.39 is 5.97 Å². The second-order valence-corrected chi connectivity index (χ2v) is 8.57. The minimum atomic E-state index is -0.833. The number of carbonyl (C=O) groups is 1. The van der Waals surface area contributed by atoms with Gasteiger partial charge in [-0.3, -0.25) is 4.79 Å². The third-order valence-electron chi connectivity index (χ3n) is 6.52. The highest BCUT2D eigenvalue weighted by Crippen LogP contribution is 2.41. The van der Waals surface area contributed by atoms with Gasteiger partial charge in [-0.25, -0.2) is 4.98 Å². The Kier molecular flexibility index (Phi) is 6.16. The topological polar surface area (TPSA) is 89.4 Å². The zero-order valence-electron chi connectivity index (χ0n) is 18.5. The van der Waals surface area contributed by atoms with Gasteiger partial charge >= 0.3 is 0 Å². The van der Waals surface area contributed by atoms with Gasteiger partial charge in [0.1, 0.15) is 5.82 Å². The molecular weight excluding hydrogens is 394 g/mol. The number of nitrogens with one attached hydrogen (secondary N) is 1. The molecule has 2 aromatic heterocycles. The average Bonchev–Trinajstić information content (AvgIpc) is 3.33. The molecule has 1 spiro atoms. The number of ether oxygens (including phenoxy) is 2. The van der Waals surface area contributed by atoms with Crippen molar-refractivity contribution in [3.63, 3.8) is 0 Å². The first kappa shape index (κ1) is 21.6. The summed E-state index contributed by atoms with van der Waals surface area (Å²) in [5, 5.41) is 8.70. The van der Waals surface area contributed by atoms with Gasteiger partial charge in [0, 0.05) is 61.8 Å². The first-order chi connectivity index (χ1) is 14.9. The summed E-state index contributed by atoms with van der Waals surface area (Å²) >= 11 is 0. The zero-order valence-corrected chi connectivity index (χ0v) is 18.5. The van der Waals surface area contributed by atoms with Crippen LogP contribution in [0.3, 0.4) is 0 Å². The van der Waals surface area contributed by atoms with Crippen LogP contribution in [0.15, 0.2) is 30.6 Å². The number of H-pyrrole nitrogens is 1. The number of carboxylic acids is 1. The Morgan fingerprint density at radius 2 is 2.00 bits per heavy atom. The minimum Gasteiger partial charge on any atom is -0.481 e. The fourth-order valence-electron chi connectivity index (χ4n) is 4.82. The predicted molar refractivity (Wildman–Crippen MR) is 119 cm³/mol. The molecule has 5 rings (SSSR count). The number of aryl methyl sites for hydroxylation is 2. The van der Waals surface area contributed by atoms with Crippen LogP contribution in [0.1, 0.15) is 49.9 Å². The summed E-state index contributed by atoms with van der Waals surface area (Å²) in [5.74, 6) is 0.218. The minimum absolute atomic E-state index is 0.0195. The molecule has 1 unspecified atom stereocenters. The molecule has 3 aromatic rings. The number of benzene rings is 1. The molecule has 2 fully saturated rings. The maximum Gasteiger partial charge on any atom is 0.300 e. The first-order valence-electron chi connectivity index (χ1n) is 10.9. The molecule has 7 nitrogen and oxygen atoms in total. The fraction of sp³-hybridized carbons (Fsp3) is 0.500. The molecule has 2 N–H and O–H groups in total. The maximum absolute atomic E-state index is 9.00. The molecule has 0 bridgehead atoms. The highest BCUT2D eigenvalue weighted by atomic mass is 16.5. The van der Waals surface area contributed by atoms with Crippen molar-refractivity contribution in [1.82, 2.24) is 14.5 Å². The lowest BCUT2D eigenvalue weighted by molar-refractivity contribution is -0.144. The normalized spacial score (nSPS) is 20.4. The van der Waals surface area contributed by atoms with Gasteiger partial charge < -0.3 is 24.1 Å². The molecule has 7 heteroatoms.